The first-order chi connectivity index (χ1) is 14.1. The molecule has 6 heteroatoms. The standard InChI is InChI=1S/C23H27N3O3/c1-16-5-7-18(8-6-16)20(26-11-9-17(2)10-12-26)15-24-23(27)19-14-22(29-25-19)21-4-3-13-28-21/h3-8,13-14,17,20H,9-12,15H2,1-2H3,(H,24,27). The molecule has 0 radical (unpaired) electrons. The highest BCUT2D eigenvalue weighted by Crippen LogP contribution is 2.27. The Morgan fingerprint density at radius 1 is 1.21 bits per heavy atom. The number of aromatic nitrogens is 1. The van der Waals surface area contributed by atoms with E-state index in [1.165, 1.54) is 24.0 Å². The van der Waals surface area contributed by atoms with Crippen molar-refractivity contribution in [2.24, 2.45) is 5.92 Å². The van der Waals surface area contributed by atoms with Gasteiger partial charge in [0.25, 0.3) is 5.91 Å². The van der Waals surface area contributed by atoms with Gasteiger partial charge in [0, 0.05) is 12.6 Å². The van der Waals surface area contributed by atoms with Gasteiger partial charge in [-0.05, 0) is 56.5 Å². The van der Waals surface area contributed by atoms with Crippen LogP contribution in [0.25, 0.3) is 11.5 Å². The third-order valence-corrected chi connectivity index (χ3v) is 5.68. The van der Waals surface area contributed by atoms with Gasteiger partial charge in [-0.3, -0.25) is 9.69 Å². The van der Waals surface area contributed by atoms with Crippen LogP contribution in [0, 0.1) is 12.8 Å². The monoisotopic (exact) mass is 393 g/mol. The molecule has 1 fully saturated rings. The lowest BCUT2D eigenvalue weighted by atomic mass is 9.95. The predicted molar refractivity (Wildman–Crippen MR) is 110 cm³/mol. The summed E-state index contributed by atoms with van der Waals surface area (Å²) in [6, 6.07) is 13.9. The molecule has 0 saturated carbocycles. The van der Waals surface area contributed by atoms with E-state index in [-0.39, 0.29) is 17.6 Å². The number of nitrogens with one attached hydrogen (secondary N) is 1. The van der Waals surface area contributed by atoms with Gasteiger partial charge in [0.2, 0.25) is 5.76 Å². The van der Waals surface area contributed by atoms with Crippen molar-refractivity contribution in [2.75, 3.05) is 19.6 Å². The summed E-state index contributed by atoms with van der Waals surface area (Å²) in [5.41, 5.74) is 2.71. The fourth-order valence-electron chi connectivity index (χ4n) is 3.78. The Labute approximate surface area is 170 Å². The van der Waals surface area contributed by atoms with E-state index >= 15 is 0 Å². The van der Waals surface area contributed by atoms with Crippen LogP contribution in [0.2, 0.25) is 0 Å². The second kappa shape index (κ2) is 8.66. The molecule has 1 saturated heterocycles. The van der Waals surface area contributed by atoms with Crippen LogP contribution < -0.4 is 5.32 Å². The molecule has 1 aliphatic heterocycles. The third kappa shape index (κ3) is 4.59. The maximum atomic E-state index is 12.7. The van der Waals surface area contributed by atoms with Gasteiger partial charge in [-0.15, -0.1) is 0 Å². The van der Waals surface area contributed by atoms with E-state index in [1.807, 2.05) is 0 Å². The second-order valence-corrected chi connectivity index (χ2v) is 7.91. The average Bonchev–Trinajstić information content (AvgIpc) is 3.42. The fraction of sp³-hybridized carbons (Fsp3) is 0.391. The SMILES string of the molecule is Cc1ccc(C(CNC(=O)c2cc(-c3ccco3)on2)N2CCC(C)CC2)cc1. The Bertz CT molecular complexity index is 923. The van der Waals surface area contributed by atoms with Crippen LogP contribution in [-0.4, -0.2) is 35.6 Å². The summed E-state index contributed by atoms with van der Waals surface area (Å²) in [5, 5.41) is 6.94. The van der Waals surface area contributed by atoms with Gasteiger partial charge < -0.3 is 14.3 Å². The summed E-state index contributed by atoms with van der Waals surface area (Å²) in [6.45, 7) is 7.01. The molecule has 0 bridgehead atoms. The molecule has 1 atom stereocenters. The smallest absolute Gasteiger partial charge is 0.273 e. The average molecular weight is 393 g/mol. The predicted octanol–water partition coefficient (Wildman–Crippen LogP) is 4.45. The first-order valence-electron chi connectivity index (χ1n) is 10.2. The first kappa shape index (κ1) is 19.5. The molecule has 152 valence electrons. The largest absolute Gasteiger partial charge is 0.461 e. The molecule has 0 aliphatic carbocycles. The van der Waals surface area contributed by atoms with Crippen molar-refractivity contribution in [3.63, 3.8) is 0 Å². The van der Waals surface area contributed by atoms with E-state index < -0.39 is 0 Å². The maximum absolute atomic E-state index is 12.7. The number of rotatable bonds is 6. The van der Waals surface area contributed by atoms with Crippen LogP contribution >= 0.6 is 0 Å². The maximum Gasteiger partial charge on any atom is 0.273 e. The van der Waals surface area contributed by atoms with Crippen LogP contribution in [0.1, 0.15) is 47.4 Å². The molecule has 3 heterocycles. The summed E-state index contributed by atoms with van der Waals surface area (Å²) < 4.78 is 10.5. The Kier molecular flexibility index (Phi) is 5.81. The quantitative estimate of drug-likeness (QED) is 0.670. The van der Waals surface area contributed by atoms with Crippen LogP contribution in [0.15, 0.2) is 57.7 Å². The molecule has 6 nitrogen and oxygen atoms in total. The van der Waals surface area contributed by atoms with E-state index in [1.54, 1.807) is 24.5 Å². The molecule has 1 aliphatic rings. The van der Waals surface area contributed by atoms with E-state index in [0.29, 0.717) is 18.1 Å². The second-order valence-electron chi connectivity index (χ2n) is 7.91. The van der Waals surface area contributed by atoms with Crippen molar-refractivity contribution in [3.05, 3.63) is 65.5 Å². The zero-order valence-electron chi connectivity index (χ0n) is 16.9. The molecule has 4 rings (SSSR count). The van der Waals surface area contributed by atoms with E-state index in [2.05, 4.69) is 53.5 Å². The number of piperidine rings is 1. The van der Waals surface area contributed by atoms with Gasteiger partial charge in [0.1, 0.15) is 0 Å². The summed E-state index contributed by atoms with van der Waals surface area (Å²) >= 11 is 0. The Morgan fingerprint density at radius 2 is 1.97 bits per heavy atom. The number of hydrogen-bond donors (Lipinski definition) is 1. The third-order valence-electron chi connectivity index (χ3n) is 5.68. The van der Waals surface area contributed by atoms with Crippen LogP contribution in [0.3, 0.4) is 0 Å². The van der Waals surface area contributed by atoms with E-state index in [0.717, 1.165) is 19.0 Å². The molecule has 2 aromatic heterocycles. The zero-order chi connectivity index (χ0) is 20.2. The highest BCUT2D eigenvalue weighted by molar-refractivity contribution is 5.92. The first-order valence-corrected chi connectivity index (χ1v) is 10.2. The van der Waals surface area contributed by atoms with E-state index in [9.17, 15) is 4.79 Å². The Morgan fingerprint density at radius 3 is 2.66 bits per heavy atom. The van der Waals surface area contributed by atoms with Crippen molar-refractivity contribution in [2.45, 2.75) is 32.7 Å². The molecule has 29 heavy (non-hydrogen) atoms. The minimum absolute atomic E-state index is 0.142. The Balaban J connectivity index is 1.46. The molecule has 3 aromatic rings. The number of hydrogen-bond acceptors (Lipinski definition) is 5. The van der Waals surface area contributed by atoms with Crippen molar-refractivity contribution in [1.82, 2.24) is 15.4 Å². The number of carbonyl (C=O) groups excluding carboxylic acids is 1. The van der Waals surface area contributed by atoms with Crippen molar-refractivity contribution in [3.8, 4) is 11.5 Å². The summed E-state index contributed by atoms with van der Waals surface area (Å²) in [5.74, 6) is 1.51. The fourth-order valence-corrected chi connectivity index (χ4v) is 3.78. The lowest BCUT2D eigenvalue weighted by Gasteiger charge is -2.37. The minimum atomic E-state index is -0.242. The topological polar surface area (TPSA) is 71.5 Å². The lowest BCUT2D eigenvalue weighted by Crippen LogP contribution is -2.42. The number of benzene rings is 1. The highest BCUT2D eigenvalue weighted by Gasteiger charge is 2.26. The molecule has 1 unspecified atom stereocenters. The number of amides is 1. The summed E-state index contributed by atoms with van der Waals surface area (Å²) in [7, 11) is 0. The van der Waals surface area contributed by atoms with Gasteiger partial charge in [-0.2, -0.15) is 0 Å². The van der Waals surface area contributed by atoms with E-state index in [4.69, 9.17) is 8.94 Å². The lowest BCUT2D eigenvalue weighted by molar-refractivity contribution is 0.0904. The molecular weight excluding hydrogens is 366 g/mol. The Hall–Kier alpha value is -2.86. The number of likely N-dealkylation sites (tertiary alicyclic amines) is 1. The van der Waals surface area contributed by atoms with Gasteiger partial charge in [-0.1, -0.05) is 41.9 Å². The summed E-state index contributed by atoms with van der Waals surface area (Å²) in [4.78, 5) is 15.1. The van der Waals surface area contributed by atoms with Gasteiger partial charge in [0.15, 0.2) is 11.5 Å². The summed E-state index contributed by atoms with van der Waals surface area (Å²) in [6.07, 6.45) is 3.93. The molecule has 1 N–H and O–H groups in total. The minimum Gasteiger partial charge on any atom is -0.461 e. The van der Waals surface area contributed by atoms with Crippen molar-refractivity contribution >= 4 is 5.91 Å². The van der Waals surface area contributed by atoms with Crippen LogP contribution in [-0.2, 0) is 0 Å². The number of aryl methyl sites for hydroxylation is 1. The molecular formula is C23H27N3O3. The number of carbonyl (C=O) groups is 1. The molecule has 1 aromatic carbocycles. The normalized spacial score (nSPS) is 16.6. The number of furan rings is 1. The molecule has 0 spiro atoms. The zero-order valence-corrected chi connectivity index (χ0v) is 16.9. The van der Waals surface area contributed by atoms with Crippen molar-refractivity contribution < 1.29 is 13.7 Å². The molecule has 1 amide bonds. The van der Waals surface area contributed by atoms with Crippen LogP contribution in [0.4, 0.5) is 0 Å². The van der Waals surface area contributed by atoms with Crippen molar-refractivity contribution in [1.29, 1.82) is 0 Å². The van der Waals surface area contributed by atoms with Crippen LogP contribution in [0.5, 0.6) is 0 Å². The highest BCUT2D eigenvalue weighted by atomic mass is 16.5. The van der Waals surface area contributed by atoms with Gasteiger partial charge in [-0.25, -0.2) is 0 Å². The van der Waals surface area contributed by atoms with Gasteiger partial charge in [0.05, 0.1) is 12.3 Å². The van der Waals surface area contributed by atoms with Gasteiger partial charge >= 0.3 is 0 Å². The number of nitrogens with zero attached hydrogens (tertiary/aromatic N) is 2.